The normalized spacial score (nSPS) is 16.1. The summed E-state index contributed by atoms with van der Waals surface area (Å²) in [5.41, 5.74) is 1.80. The Balaban J connectivity index is 1.27. The van der Waals surface area contributed by atoms with Gasteiger partial charge in [0.2, 0.25) is 11.8 Å². The van der Waals surface area contributed by atoms with Gasteiger partial charge in [0.05, 0.1) is 18.9 Å². The van der Waals surface area contributed by atoms with Gasteiger partial charge in [-0.3, -0.25) is 9.59 Å². The van der Waals surface area contributed by atoms with E-state index in [1.165, 1.54) is 6.21 Å². The predicted octanol–water partition coefficient (Wildman–Crippen LogP) is 3.86. The number of hydrogen-bond donors (Lipinski definition) is 2. The first kappa shape index (κ1) is 24.7. The molecular formula is C26H22N4O5S. The highest BCUT2D eigenvalue weighted by Gasteiger charge is 2.32. The van der Waals surface area contributed by atoms with Crippen LogP contribution in [0.2, 0.25) is 0 Å². The Kier molecular flexibility index (Phi) is 8.09. The van der Waals surface area contributed by atoms with Crippen LogP contribution >= 0.6 is 11.8 Å². The van der Waals surface area contributed by atoms with E-state index < -0.39 is 11.2 Å². The third-order valence-corrected chi connectivity index (χ3v) is 6.05. The number of rotatable bonds is 8. The Bertz CT molecular complexity index is 1290. The Hall–Kier alpha value is -4.44. The van der Waals surface area contributed by atoms with E-state index in [9.17, 15) is 14.4 Å². The topological polar surface area (TPSA) is 118 Å². The summed E-state index contributed by atoms with van der Waals surface area (Å²) in [6, 6.07) is 22.4. The summed E-state index contributed by atoms with van der Waals surface area (Å²) in [6.45, 7) is 0. The highest BCUT2D eigenvalue weighted by molar-refractivity contribution is 8.15. The van der Waals surface area contributed by atoms with Crippen molar-refractivity contribution in [2.45, 2.75) is 11.7 Å². The Morgan fingerprint density at radius 3 is 2.39 bits per heavy atom. The molecule has 9 nitrogen and oxygen atoms in total. The van der Waals surface area contributed by atoms with Crippen LogP contribution in [0.5, 0.6) is 11.5 Å². The van der Waals surface area contributed by atoms with Gasteiger partial charge in [-0.05, 0) is 66.2 Å². The van der Waals surface area contributed by atoms with Gasteiger partial charge in [-0.15, -0.1) is 5.10 Å². The molecule has 0 unspecified atom stereocenters. The van der Waals surface area contributed by atoms with Crippen molar-refractivity contribution in [2.75, 3.05) is 12.4 Å². The predicted molar refractivity (Wildman–Crippen MR) is 139 cm³/mol. The van der Waals surface area contributed by atoms with Crippen LogP contribution in [0.1, 0.15) is 22.3 Å². The van der Waals surface area contributed by atoms with E-state index in [1.807, 2.05) is 6.07 Å². The lowest BCUT2D eigenvalue weighted by Gasteiger charge is -2.08. The van der Waals surface area contributed by atoms with Gasteiger partial charge in [-0.1, -0.05) is 30.0 Å². The molecule has 2 amide bonds. The minimum Gasteiger partial charge on any atom is -0.497 e. The fourth-order valence-corrected chi connectivity index (χ4v) is 4.08. The summed E-state index contributed by atoms with van der Waals surface area (Å²) >= 11 is 1.14. The first-order chi connectivity index (χ1) is 17.5. The number of anilines is 1. The monoisotopic (exact) mass is 502 g/mol. The van der Waals surface area contributed by atoms with Crippen LogP contribution in [-0.2, 0) is 9.59 Å². The van der Waals surface area contributed by atoms with Crippen molar-refractivity contribution in [1.29, 1.82) is 0 Å². The average Bonchev–Trinajstić information content (AvgIpc) is 3.24. The molecule has 0 spiro atoms. The van der Waals surface area contributed by atoms with E-state index in [4.69, 9.17) is 9.47 Å². The fourth-order valence-electron chi connectivity index (χ4n) is 3.15. The highest BCUT2D eigenvalue weighted by Crippen LogP contribution is 2.23. The van der Waals surface area contributed by atoms with E-state index in [-0.39, 0.29) is 18.2 Å². The minimum absolute atomic E-state index is 0.00553. The lowest BCUT2D eigenvalue weighted by atomic mass is 10.2. The summed E-state index contributed by atoms with van der Waals surface area (Å²) in [5, 5.41) is 13.1. The quantitative estimate of drug-likeness (QED) is 0.209. The molecule has 4 rings (SSSR count). The molecule has 1 atom stereocenters. The van der Waals surface area contributed by atoms with Crippen LogP contribution in [0.25, 0.3) is 0 Å². The zero-order chi connectivity index (χ0) is 25.3. The van der Waals surface area contributed by atoms with Gasteiger partial charge in [0.1, 0.15) is 16.7 Å². The van der Waals surface area contributed by atoms with Crippen LogP contribution in [-0.4, -0.2) is 41.5 Å². The van der Waals surface area contributed by atoms with E-state index in [2.05, 4.69) is 20.8 Å². The van der Waals surface area contributed by atoms with Crippen molar-refractivity contribution in [3.63, 3.8) is 0 Å². The molecule has 3 aromatic rings. The number of esters is 1. The van der Waals surface area contributed by atoms with Crippen molar-refractivity contribution >= 4 is 46.6 Å². The van der Waals surface area contributed by atoms with E-state index in [1.54, 1.807) is 79.9 Å². The first-order valence-corrected chi connectivity index (χ1v) is 11.8. The molecule has 0 radical (unpaired) electrons. The number of methoxy groups -OCH3 is 1. The van der Waals surface area contributed by atoms with Crippen molar-refractivity contribution < 1.29 is 23.9 Å². The lowest BCUT2D eigenvalue weighted by Crippen LogP contribution is -2.28. The third-order valence-electron chi connectivity index (χ3n) is 4.98. The molecule has 182 valence electrons. The number of amidine groups is 1. The standard InChI is InChI=1S/C26H22N4O5S/c1-34-20-13-9-19(10-14-20)28-23(31)15-22-24(32)29-26(36-22)30-27-16-17-7-11-21(12-8-17)35-25(33)18-5-3-2-4-6-18/h2-14,16,22H,15H2,1H3,(H,28,31)(H,29,30,32)/b27-16-/t22-/m1/s1. The van der Waals surface area contributed by atoms with E-state index >= 15 is 0 Å². The number of nitrogens with one attached hydrogen (secondary N) is 2. The minimum atomic E-state index is -0.601. The second-order valence-electron chi connectivity index (χ2n) is 7.55. The number of carbonyl (C=O) groups is 3. The number of thioether (sulfide) groups is 1. The number of nitrogens with zero attached hydrogens (tertiary/aromatic N) is 2. The summed E-state index contributed by atoms with van der Waals surface area (Å²) in [4.78, 5) is 36.6. The van der Waals surface area contributed by atoms with Crippen molar-refractivity contribution in [3.05, 3.63) is 90.0 Å². The zero-order valence-corrected chi connectivity index (χ0v) is 20.0. The lowest BCUT2D eigenvalue weighted by molar-refractivity contribution is -0.122. The van der Waals surface area contributed by atoms with Crippen LogP contribution in [0, 0.1) is 0 Å². The molecule has 2 N–H and O–H groups in total. The second kappa shape index (κ2) is 11.8. The van der Waals surface area contributed by atoms with Crippen LogP contribution in [0.15, 0.2) is 89.1 Å². The number of ether oxygens (including phenoxy) is 2. The van der Waals surface area contributed by atoms with Gasteiger partial charge in [-0.25, -0.2) is 4.79 Å². The number of hydrogen-bond acceptors (Lipinski definition) is 8. The fraction of sp³-hybridized carbons (Fsp3) is 0.115. The van der Waals surface area contributed by atoms with Crippen LogP contribution < -0.4 is 20.1 Å². The molecule has 1 saturated heterocycles. The molecule has 1 fully saturated rings. The van der Waals surface area contributed by atoms with Crippen molar-refractivity contribution in [3.8, 4) is 11.5 Å². The summed E-state index contributed by atoms with van der Waals surface area (Å²) in [6.07, 6.45) is 1.50. The number of carbonyl (C=O) groups excluding carboxylic acids is 3. The average molecular weight is 503 g/mol. The Morgan fingerprint density at radius 2 is 1.69 bits per heavy atom. The van der Waals surface area contributed by atoms with Gasteiger partial charge in [0.25, 0.3) is 0 Å². The smallest absolute Gasteiger partial charge is 0.343 e. The molecule has 3 aromatic carbocycles. The summed E-state index contributed by atoms with van der Waals surface area (Å²) in [7, 11) is 1.56. The van der Waals surface area contributed by atoms with Crippen LogP contribution in [0.3, 0.4) is 0 Å². The summed E-state index contributed by atoms with van der Waals surface area (Å²) in [5.74, 6) is 0.0583. The highest BCUT2D eigenvalue weighted by atomic mass is 32.2. The zero-order valence-electron chi connectivity index (χ0n) is 19.2. The van der Waals surface area contributed by atoms with Gasteiger partial charge in [-0.2, -0.15) is 5.10 Å². The largest absolute Gasteiger partial charge is 0.497 e. The maximum atomic E-state index is 12.3. The number of amides is 2. The molecule has 0 saturated carbocycles. The van der Waals surface area contributed by atoms with E-state index in [0.717, 1.165) is 17.3 Å². The van der Waals surface area contributed by atoms with E-state index in [0.29, 0.717) is 27.9 Å². The maximum Gasteiger partial charge on any atom is 0.343 e. The maximum absolute atomic E-state index is 12.3. The Morgan fingerprint density at radius 1 is 1.00 bits per heavy atom. The molecule has 0 aliphatic carbocycles. The third kappa shape index (κ3) is 6.80. The molecule has 36 heavy (non-hydrogen) atoms. The molecular weight excluding hydrogens is 480 g/mol. The second-order valence-corrected chi connectivity index (χ2v) is 8.74. The van der Waals surface area contributed by atoms with Gasteiger partial charge in [0, 0.05) is 12.1 Å². The molecule has 0 bridgehead atoms. The van der Waals surface area contributed by atoms with Crippen molar-refractivity contribution in [1.82, 2.24) is 5.32 Å². The molecule has 1 aliphatic rings. The summed E-state index contributed by atoms with van der Waals surface area (Å²) < 4.78 is 10.4. The van der Waals surface area contributed by atoms with Gasteiger partial charge >= 0.3 is 5.97 Å². The first-order valence-electron chi connectivity index (χ1n) is 10.9. The van der Waals surface area contributed by atoms with Gasteiger partial charge in [0.15, 0.2) is 5.17 Å². The van der Waals surface area contributed by atoms with Gasteiger partial charge < -0.3 is 20.1 Å². The number of benzene rings is 3. The molecule has 0 aromatic heterocycles. The van der Waals surface area contributed by atoms with Crippen molar-refractivity contribution in [2.24, 2.45) is 10.2 Å². The SMILES string of the molecule is COc1ccc(NC(=O)C[C@H]2S/C(=N\N=C/c3ccc(OC(=O)c4ccccc4)cc3)NC2=O)cc1. The molecule has 1 aliphatic heterocycles. The molecule has 10 heteroatoms. The Labute approximate surface area is 211 Å². The molecule has 1 heterocycles. The van der Waals surface area contributed by atoms with Crippen LogP contribution in [0.4, 0.5) is 5.69 Å².